The number of alkyl halides is 1. The van der Waals surface area contributed by atoms with Gasteiger partial charge in [-0.25, -0.2) is 14.4 Å². The highest BCUT2D eigenvalue weighted by Gasteiger charge is 2.26. The van der Waals surface area contributed by atoms with E-state index in [2.05, 4.69) is 96.3 Å². The first kappa shape index (κ1) is 38.2. The van der Waals surface area contributed by atoms with Crippen LogP contribution in [-0.2, 0) is 12.8 Å². The molecule has 0 spiro atoms. The molecule has 0 saturated carbocycles. The number of halogens is 1. The summed E-state index contributed by atoms with van der Waals surface area (Å²) in [5.41, 5.74) is 7.97. The van der Waals surface area contributed by atoms with Gasteiger partial charge in [0.1, 0.15) is 36.4 Å². The van der Waals surface area contributed by atoms with Crippen LogP contribution in [-0.4, -0.2) is 105 Å². The zero-order valence-electron chi connectivity index (χ0n) is 32.8. The Kier molecular flexibility index (Phi) is 12.9. The number of allylic oxidation sites excluding steroid dienone is 3. The van der Waals surface area contributed by atoms with E-state index in [0.717, 1.165) is 134 Å². The Morgan fingerprint density at radius 1 is 0.625 bits per heavy atom. The first-order chi connectivity index (χ1) is 27.7. The van der Waals surface area contributed by atoms with Gasteiger partial charge >= 0.3 is 0 Å². The molecule has 2 aliphatic heterocycles. The quantitative estimate of drug-likeness (QED) is 0.114. The summed E-state index contributed by atoms with van der Waals surface area (Å²) < 4.78 is 26.0. The van der Waals surface area contributed by atoms with Crippen molar-refractivity contribution < 1.29 is 13.9 Å². The lowest BCUT2D eigenvalue weighted by Crippen LogP contribution is -2.46. The second-order valence-corrected chi connectivity index (χ2v) is 15.6. The minimum Gasteiger partial charge on any atom is -0.493 e. The minimum atomic E-state index is -0.494. The molecule has 8 nitrogen and oxygen atoms in total. The van der Waals surface area contributed by atoms with E-state index in [9.17, 15) is 4.39 Å². The summed E-state index contributed by atoms with van der Waals surface area (Å²) >= 11 is 0. The van der Waals surface area contributed by atoms with Gasteiger partial charge in [0, 0.05) is 81.8 Å². The predicted octanol–water partition coefficient (Wildman–Crippen LogP) is 7.99. The molecular weight excluding hydrogens is 700 g/mol. The third-order valence-electron chi connectivity index (χ3n) is 12.0. The molecule has 0 radical (unpaired) electrons. The topological polar surface area (TPSA) is 57.2 Å². The number of nitrogens with zero attached hydrogens (tertiary/aromatic N) is 6. The molecule has 0 amide bonds. The van der Waals surface area contributed by atoms with Crippen molar-refractivity contribution in [2.75, 3.05) is 95.1 Å². The van der Waals surface area contributed by atoms with Crippen molar-refractivity contribution in [1.29, 1.82) is 0 Å². The molecule has 1 unspecified atom stereocenters. The van der Waals surface area contributed by atoms with E-state index in [0.29, 0.717) is 6.61 Å². The van der Waals surface area contributed by atoms with Crippen LogP contribution in [0.25, 0.3) is 11.1 Å². The SMILES string of the molecule is FCCOc1cccc2c1CC(COc1cccc3c1CCC=C3CCCN1CCN(c3ccccn3)CC1)C=C2CCCN1CCN(c2ccccn2)CC1. The van der Waals surface area contributed by atoms with Crippen molar-refractivity contribution in [3.8, 4) is 11.5 Å². The Labute approximate surface area is 332 Å². The first-order valence-corrected chi connectivity index (χ1v) is 20.9. The van der Waals surface area contributed by atoms with E-state index in [1.165, 1.54) is 33.4 Å². The van der Waals surface area contributed by atoms with E-state index >= 15 is 0 Å². The van der Waals surface area contributed by atoms with Crippen LogP contribution < -0.4 is 19.3 Å². The van der Waals surface area contributed by atoms with Crippen molar-refractivity contribution in [2.24, 2.45) is 5.92 Å². The number of rotatable bonds is 16. The number of piperazine rings is 2. The van der Waals surface area contributed by atoms with E-state index in [-0.39, 0.29) is 12.5 Å². The zero-order chi connectivity index (χ0) is 37.9. The second kappa shape index (κ2) is 18.9. The summed E-state index contributed by atoms with van der Waals surface area (Å²) in [5.74, 6) is 4.20. The highest BCUT2D eigenvalue weighted by Crippen LogP contribution is 2.39. The molecule has 2 aliphatic carbocycles. The van der Waals surface area contributed by atoms with Crippen LogP contribution in [0.15, 0.2) is 97.3 Å². The summed E-state index contributed by atoms with van der Waals surface area (Å²) in [7, 11) is 0. The van der Waals surface area contributed by atoms with Crippen LogP contribution in [0.2, 0.25) is 0 Å². The Balaban J connectivity index is 0.870. The molecule has 2 saturated heterocycles. The maximum atomic E-state index is 13.2. The normalized spacial score (nSPS) is 18.8. The third-order valence-corrected chi connectivity index (χ3v) is 12.0. The van der Waals surface area contributed by atoms with E-state index in [1.54, 1.807) is 0 Å². The zero-order valence-corrected chi connectivity index (χ0v) is 32.8. The molecule has 8 rings (SSSR count). The van der Waals surface area contributed by atoms with Gasteiger partial charge in [-0.2, -0.15) is 0 Å². The van der Waals surface area contributed by atoms with Gasteiger partial charge in [-0.1, -0.05) is 48.6 Å². The molecule has 4 aromatic rings. The lowest BCUT2D eigenvalue weighted by molar-refractivity contribution is 0.254. The molecule has 2 aromatic heterocycles. The summed E-state index contributed by atoms with van der Waals surface area (Å²) in [6.45, 7) is 10.7. The Bertz CT molecular complexity index is 1920. The fourth-order valence-electron chi connectivity index (χ4n) is 9.04. The average molecular weight is 757 g/mol. The van der Waals surface area contributed by atoms with Crippen molar-refractivity contribution >= 4 is 22.8 Å². The molecule has 2 aromatic carbocycles. The van der Waals surface area contributed by atoms with Crippen LogP contribution >= 0.6 is 0 Å². The minimum absolute atomic E-state index is 0.0791. The van der Waals surface area contributed by atoms with Gasteiger partial charge in [-0.15, -0.1) is 0 Å². The smallest absolute Gasteiger partial charge is 0.128 e. The number of aromatic nitrogens is 2. The van der Waals surface area contributed by atoms with Gasteiger partial charge in [0.2, 0.25) is 0 Å². The van der Waals surface area contributed by atoms with Crippen molar-refractivity contribution in [3.05, 3.63) is 120 Å². The number of ether oxygens (including phenoxy) is 2. The highest BCUT2D eigenvalue weighted by molar-refractivity contribution is 5.73. The number of pyridine rings is 2. The monoisotopic (exact) mass is 756 g/mol. The van der Waals surface area contributed by atoms with Gasteiger partial charge in [0.25, 0.3) is 0 Å². The van der Waals surface area contributed by atoms with Gasteiger partial charge in [-0.05, 0) is 117 Å². The molecule has 4 aliphatic rings. The Morgan fingerprint density at radius 2 is 1.21 bits per heavy atom. The average Bonchev–Trinajstić information content (AvgIpc) is 3.26. The molecule has 9 heteroatoms. The third kappa shape index (κ3) is 9.44. The van der Waals surface area contributed by atoms with Gasteiger partial charge in [0.05, 0.1) is 6.61 Å². The second-order valence-electron chi connectivity index (χ2n) is 15.6. The molecular formula is C47H57FN6O2. The van der Waals surface area contributed by atoms with Crippen LogP contribution in [0, 0.1) is 5.92 Å². The van der Waals surface area contributed by atoms with Crippen molar-refractivity contribution in [3.63, 3.8) is 0 Å². The number of hydrogen-bond donors (Lipinski definition) is 0. The lowest BCUT2D eigenvalue weighted by atomic mass is 9.82. The molecule has 2 fully saturated rings. The van der Waals surface area contributed by atoms with E-state index < -0.39 is 6.67 Å². The number of benzene rings is 2. The van der Waals surface area contributed by atoms with E-state index in [4.69, 9.17) is 9.47 Å². The Morgan fingerprint density at radius 3 is 1.80 bits per heavy atom. The fourth-order valence-corrected chi connectivity index (χ4v) is 9.04. The van der Waals surface area contributed by atoms with Crippen LogP contribution in [0.4, 0.5) is 16.0 Å². The maximum absolute atomic E-state index is 13.2. The maximum Gasteiger partial charge on any atom is 0.128 e. The summed E-state index contributed by atoms with van der Waals surface area (Å²) in [6.07, 6.45) is 15.9. The Hall–Kier alpha value is -4.73. The largest absolute Gasteiger partial charge is 0.493 e. The number of anilines is 2. The molecule has 0 N–H and O–H groups in total. The first-order valence-electron chi connectivity index (χ1n) is 20.9. The summed E-state index contributed by atoms with van der Waals surface area (Å²) in [4.78, 5) is 19.1. The van der Waals surface area contributed by atoms with Crippen LogP contribution in [0.3, 0.4) is 0 Å². The molecule has 0 bridgehead atoms. The number of fused-ring (bicyclic) bond motifs is 2. The van der Waals surface area contributed by atoms with E-state index in [1.807, 2.05) is 30.6 Å². The summed E-state index contributed by atoms with van der Waals surface area (Å²) in [6, 6.07) is 25.2. The fraction of sp³-hybridized carbons (Fsp3) is 0.447. The standard InChI is InChI=1S/C47H57FN6O2/c48-20-33-55-45-17-7-14-41-39(12-9-24-52-27-31-54(32-28-52)47-19-2-4-22-50-47)34-37(35-43(41)45)36-56-44-16-6-13-40-38(10-5-15-42(40)44)11-8-23-51-25-29-53(30-26-51)46-18-1-3-21-49-46/h1-4,6-7,10,13-14,16-19,21-22,34,37H,5,8-9,11-12,15,20,23-33,35-36H2. The molecule has 4 heterocycles. The molecule has 294 valence electrons. The highest BCUT2D eigenvalue weighted by atomic mass is 19.1. The van der Waals surface area contributed by atoms with Crippen molar-refractivity contribution in [2.45, 2.75) is 44.9 Å². The molecule has 1 atom stereocenters. The van der Waals surface area contributed by atoms with Crippen LogP contribution in [0.5, 0.6) is 11.5 Å². The van der Waals surface area contributed by atoms with Crippen LogP contribution in [0.1, 0.15) is 54.4 Å². The lowest BCUT2D eigenvalue weighted by Gasteiger charge is -2.35. The molecule has 56 heavy (non-hydrogen) atoms. The number of hydrogen-bond acceptors (Lipinski definition) is 8. The predicted molar refractivity (Wildman–Crippen MR) is 226 cm³/mol. The van der Waals surface area contributed by atoms with Crippen molar-refractivity contribution in [1.82, 2.24) is 19.8 Å². The van der Waals surface area contributed by atoms with Gasteiger partial charge in [-0.3, -0.25) is 9.80 Å². The van der Waals surface area contributed by atoms with Gasteiger partial charge < -0.3 is 19.3 Å². The van der Waals surface area contributed by atoms with Gasteiger partial charge in [0.15, 0.2) is 0 Å². The summed E-state index contributed by atoms with van der Waals surface area (Å²) in [5, 5.41) is 0.